The molecular weight excluding hydrogens is 350 g/mol. The van der Waals surface area contributed by atoms with Gasteiger partial charge in [0.1, 0.15) is 5.03 Å². The molecular formula is C19H19N3O3S. The highest BCUT2D eigenvalue weighted by atomic mass is 32.2. The summed E-state index contributed by atoms with van der Waals surface area (Å²) < 4.78 is 5.08. The Kier molecular flexibility index (Phi) is 5.91. The lowest BCUT2D eigenvalue weighted by Crippen LogP contribution is -2.30. The third-order valence-electron chi connectivity index (χ3n) is 3.91. The molecule has 0 fully saturated rings. The molecule has 0 bridgehead atoms. The summed E-state index contributed by atoms with van der Waals surface area (Å²) in [5.41, 5.74) is 2.58. The number of nitrogens with zero attached hydrogens (tertiary/aromatic N) is 1. The lowest BCUT2D eigenvalue weighted by atomic mass is 10.1. The Hall–Kier alpha value is -2.80. The van der Waals surface area contributed by atoms with Gasteiger partial charge in [-0.15, -0.1) is 11.8 Å². The number of carbonyl (C=O) groups excluding carboxylic acids is 2. The molecule has 2 aromatic heterocycles. The maximum atomic E-state index is 12.1. The van der Waals surface area contributed by atoms with Crippen molar-refractivity contribution in [3.05, 3.63) is 59.9 Å². The average Bonchev–Trinajstić information content (AvgIpc) is 3.09. The van der Waals surface area contributed by atoms with Crippen molar-refractivity contribution in [1.82, 2.24) is 15.3 Å². The number of rotatable bonds is 7. The number of aromatic amines is 1. The van der Waals surface area contributed by atoms with Gasteiger partial charge in [-0.2, -0.15) is 0 Å². The minimum Gasteiger partial charge on any atom is -0.452 e. The van der Waals surface area contributed by atoms with E-state index in [4.69, 9.17) is 4.74 Å². The summed E-state index contributed by atoms with van der Waals surface area (Å²) in [6, 6.07) is 11.3. The smallest absolute Gasteiger partial charge is 0.341 e. The van der Waals surface area contributed by atoms with E-state index in [9.17, 15) is 9.59 Å². The fourth-order valence-electron chi connectivity index (χ4n) is 2.64. The van der Waals surface area contributed by atoms with Crippen LogP contribution in [-0.2, 0) is 16.0 Å². The van der Waals surface area contributed by atoms with Crippen LogP contribution in [0, 0.1) is 0 Å². The molecule has 134 valence electrons. The van der Waals surface area contributed by atoms with Crippen molar-refractivity contribution in [2.24, 2.45) is 0 Å². The standard InChI is InChI=1S/C19H19N3O3S/c1-26-18-15(6-4-9-21-18)19(24)25-12-17(23)20-10-8-13-11-22-16-7-3-2-5-14(13)16/h2-7,9,11,22H,8,10,12H2,1H3,(H,20,23). The van der Waals surface area contributed by atoms with Crippen LogP contribution in [0.25, 0.3) is 10.9 Å². The first kappa shape index (κ1) is 18.0. The summed E-state index contributed by atoms with van der Waals surface area (Å²) in [7, 11) is 0. The summed E-state index contributed by atoms with van der Waals surface area (Å²) in [4.78, 5) is 31.3. The van der Waals surface area contributed by atoms with Crippen LogP contribution in [-0.4, -0.2) is 41.3 Å². The summed E-state index contributed by atoms with van der Waals surface area (Å²) >= 11 is 1.36. The second-order valence-corrected chi connectivity index (χ2v) is 6.39. The zero-order chi connectivity index (χ0) is 18.4. The Morgan fingerprint density at radius 1 is 1.23 bits per heavy atom. The van der Waals surface area contributed by atoms with Gasteiger partial charge in [-0.3, -0.25) is 4.79 Å². The summed E-state index contributed by atoms with van der Waals surface area (Å²) in [6.07, 6.45) is 6.09. The lowest BCUT2D eigenvalue weighted by Gasteiger charge is -2.08. The van der Waals surface area contributed by atoms with Crippen molar-refractivity contribution < 1.29 is 14.3 Å². The molecule has 0 atom stereocenters. The van der Waals surface area contributed by atoms with Gasteiger partial charge in [0.2, 0.25) is 0 Å². The second kappa shape index (κ2) is 8.53. The van der Waals surface area contributed by atoms with Crippen LogP contribution in [0.1, 0.15) is 15.9 Å². The van der Waals surface area contributed by atoms with Crippen molar-refractivity contribution >= 4 is 34.5 Å². The molecule has 2 N–H and O–H groups in total. The van der Waals surface area contributed by atoms with Crippen molar-refractivity contribution in [1.29, 1.82) is 0 Å². The minimum absolute atomic E-state index is 0.310. The van der Waals surface area contributed by atoms with E-state index < -0.39 is 5.97 Å². The molecule has 2 heterocycles. The van der Waals surface area contributed by atoms with Gasteiger partial charge in [-0.25, -0.2) is 9.78 Å². The molecule has 1 amide bonds. The fourth-order valence-corrected chi connectivity index (χ4v) is 3.18. The van der Waals surface area contributed by atoms with Crippen molar-refractivity contribution in [3.8, 4) is 0 Å². The normalized spacial score (nSPS) is 10.7. The fraction of sp³-hybridized carbons (Fsp3) is 0.211. The monoisotopic (exact) mass is 369 g/mol. The highest BCUT2D eigenvalue weighted by Crippen LogP contribution is 2.18. The van der Waals surface area contributed by atoms with Crippen LogP contribution in [0.2, 0.25) is 0 Å². The number of pyridine rings is 1. The van der Waals surface area contributed by atoms with E-state index in [-0.39, 0.29) is 12.5 Å². The zero-order valence-corrected chi connectivity index (χ0v) is 15.1. The van der Waals surface area contributed by atoms with Crippen LogP contribution < -0.4 is 5.32 Å². The molecule has 0 saturated heterocycles. The Bertz CT molecular complexity index is 923. The first-order valence-corrected chi connectivity index (χ1v) is 9.39. The molecule has 0 aliphatic carbocycles. The molecule has 0 spiro atoms. The SMILES string of the molecule is CSc1ncccc1C(=O)OCC(=O)NCCc1c[nH]c2ccccc12. The van der Waals surface area contributed by atoms with Crippen LogP contribution in [0.15, 0.2) is 53.8 Å². The number of amides is 1. The molecule has 0 radical (unpaired) electrons. The Morgan fingerprint density at radius 3 is 2.92 bits per heavy atom. The number of hydrogen-bond donors (Lipinski definition) is 2. The van der Waals surface area contributed by atoms with Crippen LogP contribution in [0.4, 0.5) is 0 Å². The topological polar surface area (TPSA) is 84.1 Å². The molecule has 0 aliphatic heterocycles. The number of esters is 1. The summed E-state index contributed by atoms with van der Waals surface area (Å²) in [5, 5.41) is 4.50. The average molecular weight is 369 g/mol. The van der Waals surface area contributed by atoms with Gasteiger partial charge in [0.15, 0.2) is 6.61 Å². The van der Waals surface area contributed by atoms with Crippen LogP contribution in [0.5, 0.6) is 0 Å². The van der Waals surface area contributed by atoms with Gasteiger partial charge < -0.3 is 15.0 Å². The van der Waals surface area contributed by atoms with Crippen molar-refractivity contribution in [3.63, 3.8) is 0 Å². The number of ether oxygens (including phenoxy) is 1. The van der Waals surface area contributed by atoms with E-state index >= 15 is 0 Å². The maximum Gasteiger partial charge on any atom is 0.341 e. The molecule has 0 unspecified atom stereocenters. The molecule has 3 rings (SSSR count). The van der Waals surface area contributed by atoms with Gasteiger partial charge in [0, 0.05) is 29.8 Å². The predicted molar refractivity (Wildman–Crippen MR) is 101 cm³/mol. The maximum absolute atomic E-state index is 12.1. The van der Waals surface area contributed by atoms with E-state index in [2.05, 4.69) is 15.3 Å². The molecule has 6 nitrogen and oxygen atoms in total. The molecule has 7 heteroatoms. The molecule has 1 aromatic carbocycles. The minimum atomic E-state index is -0.547. The second-order valence-electron chi connectivity index (χ2n) is 5.60. The quantitative estimate of drug-likeness (QED) is 0.494. The zero-order valence-electron chi connectivity index (χ0n) is 14.3. The van der Waals surface area contributed by atoms with Crippen LogP contribution in [0.3, 0.4) is 0 Å². The molecule has 26 heavy (non-hydrogen) atoms. The third kappa shape index (κ3) is 4.23. The van der Waals surface area contributed by atoms with Crippen molar-refractivity contribution in [2.75, 3.05) is 19.4 Å². The lowest BCUT2D eigenvalue weighted by molar-refractivity contribution is -0.124. The largest absolute Gasteiger partial charge is 0.452 e. The van der Waals surface area contributed by atoms with Gasteiger partial charge in [0.25, 0.3) is 5.91 Å². The molecule has 0 saturated carbocycles. The van der Waals surface area contributed by atoms with E-state index in [1.165, 1.54) is 11.8 Å². The predicted octanol–water partition coefficient (Wildman–Crippen LogP) is 2.80. The van der Waals surface area contributed by atoms with Crippen molar-refractivity contribution in [2.45, 2.75) is 11.4 Å². The summed E-state index contributed by atoms with van der Waals surface area (Å²) in [6.45, 7) is 0.163. The number of hydrogen-bond acceptors (Lipinski definition) is 5. The van der Waals surface area contributed by atoms with E-state index in [1.54, 1.807) is 18.3 Å². The third-order valence-corrected chi connectivity index (χ3v) is 4.62. The number of benzene rings is 1. The highest BCUT2D eigenvalue weighted by Gasteiger charge is 2.14. The highest BCUT2D eigenvalue weighted by molar-refractivity contribution is 7.98. The van der Waals surface area contributed by atoms with E-state index in [1.807, 2.05) is 36.7 Å². The van der Waals surface area contributed by atoms with Gasteiger partial charge in [0.05, 0.1) is 5.56 Å². The first-order chi connectivity index (χ1) is 12.7. The number of aromatic nitrogens is 2. The van der Waals surface area contributed by atoms with Gasteiger partial charge in [-0.1, -0.05) is 18.2 Å². The summed E-state index contributed by atoms with van der Waals surface area (Å²) in [5.74, 6) is -0.873. The molecule has 0 aliphatic rings. The Morgan fingerprint density at radius 2 is 2.08 bits per heavy atom. The number of thioether (sulfide) groups is 1. The molecule has 3 aromatic rings. The number of fused-ring (bicyclic) bond motifs is 1. The van der Waals surface area contributed by atoms with Gasteiger partial charge in [-0.05, 0) is 36.4 Å². The first-order valence-electron chi connectivity index (χ1n) is 8.17. The number of para-hydroxylation sites is 1. The number of nitrogens with one attached hydrogen (secondary N) is 2. The van der Waals surface area contributed by atoms with Gasteiger partial charge >= 0.3 is 5.97 Å². The number of H-pyrrole nitrogens is 1. The number of carbonyl (C=O) groups is 2. The van der Waals surface area contributed by atoms with Crippen LogP contribution >= 0.6 is 11.8 Å². The Balaban J connectivity index is 1.46. The van der Waals surface area contributed by atoms with E-state index in [0.29, 0.717) is 23.6 Å². The van der Waals surface area contributed by atoms with E-state index in [0.717, 1.165) is 16.5 Å². The Labute approximate surface area is 155 Å².